The predicted octanol–water partition coefficient (Wildman–Crippen LogP) is 3.94. The Bertz CT molecular complexity index is 964. The van der Waals surface area contributed by atoms with Crippen LogP contribution in [0.25, 0.3) is 0 Å². The van der Waals surface area contributed by atoms with Crippen molar-refractivity contribution in [2.24, 2.45) is 0 Å². The maximum Gasteiger partial charge on any atom is 0.251 e. The van der Waals surface area contributed by atoms with Gasteiger partial charge in [0.15, 0.2) is 0 Å². The molecule has 0 saturated heterocycles. The summed E-state index contributed by atoms with van der Waals surface area (Å²) in [5.74, 6) is 3.32. The number of benzene rings is 1. The highest BCUT2D eigenvalue weighted by atomic mass is 16.5. The minimum Gasteiger partial charge on any atom is -0.494 e. The Morgan fingerprint density at radius 2 is 1.81 bits per heavy atom. The molecule has 0 unspecified atom stereocenters. The first kappa shape index (κ1) is 22.0. The number of pyridine rings is 1. The van der Waals surface area contributed by atoms with Gasteiger partial charge in [-0.3, -0.25) is 4.79 Å². The van der Waals surface area contributed by atoms with Gasteiger partial charge in [-0.05, 0) is 49.7 Å². The molecule has 0 saturated carbocycles. The van der Waals surface area contributed by atoms with Crippen molar-refractivity contribution in [2.75, 3.05) is 30.3 Å². The molecule has 8 nitrogen and oxygen atoms in total. The van der Waals surface area contributed by atoms with Gasteiger partial charge < -0.3 is 20.7 Å². The number of amides is 1. The van der Waals surface area contributed by atoms with E-state index >= 15 is 0 Å². The van der Waals surface area contributed by atoms with Crippen LogP contribution in [0.2, 0.25) is 0 Å². The molecule has 0 atom stereocenters. The molecule has 2 aromatic heterocycles. The number of rotatable bonds is 11. The van der Waals surface area contributed by atoms with E-state index in [1.807, 2.05) is 37.3 Å². The van der Waals surface area contributed by atoms with Crippen molar-refractivity contribution in [2.45, 2.75) is 26.7 Å². The van der Waals surface area contributed by atoms with E-state index < -0.39 is 0 Å². The van der Waals surface area contributed by atoms with Crippen molar-refractivity contribution < 1.29 is 9.53 Å². The number of nitrogens with zero attached hydrogens (tertiary/aromatic N) is 3. The molecule has 1 amide bonds. The normalized spacial score (nSPS) is 10.4. The molecule has 0 radical (unpaired) electrons. The van der Waals surface area contributed by atoms with Crippen molar-refractivity contribution in [3.8, 4) is 5.75 Å². The third-order valence-electron chi connectivity index (χ3n) is 4.36. The summed E-state index contributed by atoms with van der Waals surface area (Å²) < 4.78 is 5.62. The van der Waals surface area contributed by atoms with Crippen LogP contribution in [0.1, 0.15) is 35.9 Å². The van der Waals surface area contributed by atoms with Gasteiger partial charge >= 0.3 is 0 Å². The number of carbonyl (C=O) groups is 1. The molecule has 0 aliphatic carbocycles. The van der Waals surface area contributed by atoms with Gasteiger partial charge in [0.05, 0.1) is 6.61 Å². The van der Waals surface area contributed by atoms with Crippen LogP contribution >= 0.6 is 0 Å². The molecular formula is C23H28N6O2. The molecule has 0 aliphatic heterocycles. The van der Waals surface area contributed by atoms with Crippen LogP contribution in [0.3, 0.4) is 0 Å². The Kier molecular flexibility index (Phi) is 8.16. The maximum atomic E-state index is 12.3. The average molecular weight is 421 g/mol. The molecule has 1 aromatic carbocycles. The number of aryl methyl sites for hydroxylation is 1. The summed E-state index contributed by atoms with van der Waals surface area (Å²) in [6, 6.07) is 14.6. The van der Waals surface area contributed by atoms with Crippen LogP contribution in [0.15, 0.2) is 54.7 Å². The van der Waals surface area contributed by atoms with Crippen LogP contribution in [0.4, 0.5) is 17.5 Å². The van der Waals surface area contributed by atoms with Crippen LogP contribution in [-0.4, -0.2) is 40.6 Å². The van der Waals surface area contributed by atoms with Gasteiger partial charge in [0, 0.05) is 30.9 Å². The van der Waals surface area contributed by atoms with Gasteiger partial charge in [-0.2, -0.15) is 0 Å². The number of hydrogen-bond donors (Lipinski definition) is 3. The highest BCUT2D eigenvalue weighted by Gasteiger charge is 2.06. The highest BCUT2D eigenvalue weighted by Crippen LogP contribution is 2.15. The molecule has 31 heavy (non-hydrogen) atoms. The zero-order chi connectivity index (χ0) is 21.9. The minimum atomic E-state index is -0.127. The number of aromatic nitrogens is 3. The van der Waals surface area contributed by atoms with Crippen LogP contribution < -0.4 is 20.7 Å². The van der Waals surface area contributed by atoms with E-state index in [9.17, 15) is 4.79 Å². The van der Waals surface area contributed by atoms with E-state index in [-0.39, 0.29) is 5.91 Å². The summed E-state index contributed by atoms with van der Waals surface area (Å²) in [6.45, 7) is 5.63. The second-order valence-corrected chi connectivity index (χ2v) is 6.93. The van der Waals surface area contributed by atoms with Crippen molar-refractivity contribution >= 4 is 23.4 Å². The highest BCUT2D eigenvalue weighted by molar-refractivity contribution is 5.94. The lowest BCUT2D eigenvalue weighted by molar-refractivity contribution is 0.0955. The largest absolute Gasteiger partial charge is 0.494 e. The summed E-state index contributed by atoms with van der Waals surface area (Å²) in [5.41, 5.74) is 0.600. The van der Waals surface area contributed by atoms with Crippen molar-refractivity contribution in [1.82, 2.24) is 20.3 Å². The van der Waals surface area contributed by atoms with E-state index in [0.717, 1.165) is 18.6 Å². The topological polar surface area (TPSA) is 101 Å². The number of anilines is 3. The van der Waals surface area contributed by atoms with Gasteiger partial charge in [-0.15, -0.1) is 0 Å². The lowest BCUT2D eigenvalue weighted by Gasteiger charge is -2.11. The number of unbranched alkanes of at least 4 members (excludes halogenated alkanes) is 1. The summed E-state index contributed by atoms with van der Waals surface area (Å²) >= 11 is 0. The Hall–Kier alpha value is -3.68. The second-order valence-electron chi connectivity index (χ2n) is 6.93. The summed E-state index contributed by atoms with van der Waals surface area (Å²) in [5, 5.41) is 9.26. The first-order valence-corrected chi connectivity index (χ1v) is 10.4. The van der Waals surface area contributed by atoms with Gasteiger partial charge in [0.2, 0.25) is 0 Å². The molecule has 162 valence electrons. The monoisotopic (exact) mass is 420 g/mol. The standard InChI is InChI=1S/C23H28N6O2/c1-3-4-15-31-19-10-8-18(9-11-19)23(30)26-14-13-25-21-16-22(28-17(2)27-21)29-20-7-5-6-12-24-20/h5-12,16H,3-4,13-15H2,1-2H3,(H,26,30)(H2,24,25,27,28,29). The van der Waals surface area contributed by atoms with E-state index in [4.69, 9.17) is 4.74 Å². The first-order valence-electron chi connectivity index (χ1n) is 10.4. The predicted molar refractivity (Wildman–Crippen MR) is 122 cm³/mol. The van der Waals surface area contributed by atoms with E-state index in [0.29, 0.717) is 48.5 Å². The lowest BCUT2D eigenvalue weighted by atomic mass is 10.2. The van der Waals surface area contributed by atoms with Crippen LogP contribution in [0.5, 0.6) is 5.75 Å². The van der Waals surface area contributed by atoms with Gasteiger partial charge in [-0.1, -0.05) is 19.4 Å². The fraction of sp³-hybridized carbons (Fsp3) is 0.304. The molecule has 0 spiro atoms. The van der Waals surface area contributed by atoms with Gasteiger partial charge in [0.1, 0.15) is 29.0 Å². The summed E-state index contributed by atoms with van der Waals surface area (Å²) in [4.78, 5) is 25.3. The molecule has 0 bridgehead atoms. The van der Waals surface area contributed by atoms with Crippen molar-refractivity contribution in [1.29, 1.82) is 0 Å². The zero-order valence-corrected chi connectivity index (χ0v) is 17.9. The van der Waals surface area contributed by atoms with Crippen LogP contribution in [0, 0.1) is 6.92 Å². The van der Waals surface area contributed by atoms with E-state index in [1.54, 1.807) is 24.4 Å². The van der Waals surface area contributed by atoms with E-state index in [2.05, 4.69) is 37.8 Å². The molecule has 8 heteroatoms. The molecular weight excluding hydrogens is 392 g/mol. The molecule has 0 fully saturated rings. The van der Waals surface area contributed by atoms with Crippen LogP contribution in [-0.2, 0) is 0 Å². The third-order valence-corrected chi connectivity index (χ3v) is 4.36. The zero-order valence-electron chi connectivity index (χ0n) is 17.9. The Morgan fingerprint density at radius 3 is 2.55 bits per heavy atom. The van der Waals surface area contributed by atoms with Gasteiger partial charge in [0.25, 0.3) is 5.91 Å². The average Bonchev–Trinajstić information content (AvgIpc) is 2.77. The molecule has 3 N–H and O–H groups in total. The lowest BCUT2D eigenvalue weighted by Crippen LogP contribution is -2.28. The summed E-state index contributed by atoms with van der Waals surface area (Å²) in [7, 11) is 0. The Balaban J connectivity index is 1.45. The SMILES string of the molecule is CCCCOc1ccc(C(=O)NCCNc2cc(Nc3ccccn3)nc(C)n2)cc1. The molecule has 3 rings (SSSR count). The molecule has 3 aromatic rings. The summed E-state index contributed by atoms with van der Waals surface area (Å²) in [6.07, 6.45) is 3.82. The smallest absolute Gasteiger partial charge is 0.251 e. The number of carbonyl (C=O) groups excluding carboxylic acids is 1. The number of nitrogens with one attached hydrogen (secondary N) is 3. The number of ether oxygens (including phenoxy) is 1. The first-order chi connectivity index (χ1) is 15.1. The Labute approximate surface area is 182 Å². The second kappa shape index (κ2) is 11.5. The molecule has 0 aliphatic rings. The molecule has 2 heterocycles. The fourth-order valence-corrected chi connectivity index (χ4v) is 2.80. The number of hydrogen-bond acceptors (Lipinski definition) is 7. The Morgan fingerprint density at radius 1 is 1.00 bits per heavy atom. The van der Waals surface area contributed by atoms with E-state index in [1.165, 1.54) is 0 Å². The minimum absolute atomic E-state index is 0.127. The van der Waals surface area contributed by atoms with Crippen molar-refractivity contribution in [3.63, 3.8) is 0 Å². The van der Waals surface area contributed by atoms with Gasteiger partial charge in [-0.25, -0.2) is 15.0 Å². The quantitative estimate of drug-likeness (QED) is 0.404. The fourth-order valence-electron chi connectivity index (χ4n) is 2.80. The van der Waals surface area contributed by atoms with Crippen molar-refractivity contribution in [3.05, 3.63) is 66.1 Å². The maximum absolute atomic E-state index is 12.3. The third kappa shape index (κ3) is 7.26.